The first-order valence-electron chi connectivity index (χ1n) is 29.0. The van der Waals surface area contributed by atoms with Crippen LogP contribution in [0.5, 0.6) is 0 Å². The van der Waals surface area contributed by atoms with Crippen molar-refractivity contribution in [3.8, 4) is 0 Å². The fourth-order valence-corrected chi connectivity index (χ4v) is 8.90. The lowest BCUT2D eigenvalue weighted by atomic mass is 10.00. The van der Waals surface area contributed by atoms with Crippen LogP contribution >= 0.6 is 0 Å². The molecule has 0 spiro atoms. The Kier molecular flexibility index (Phi) is 52.8. The average molecular weight is 929 g/mol. The molecule has 1 amide bonds. The second-order valence-corrected chi connectivity index (χ2v) is 20.0. The first-order valence-corrected chi connectivity index (χ1v) is 29.0. The number of hydrogen-bond donors (Lipinski definition) is 5. The van der Waals surface area contributed by atoms with Gasteiger partial charge in [-0.2, -0.15) is 0 Å². The summed E-state index contributed by atoms with van der Waals surface area (Å²) < 4.78 is 0. The average Bonchev–Trinajstić information content (AvgIpc) is 3.32. The SMILES string of the molecule is CCCCCCCCCCCCC/C=C\CCCCCCCCC(O)C(=O)NC(CO)C(O)C(O)CCC/C=C/CC/C=C/CC/C=C/CCCCCCCCCCCCCCCCCC. The van der Waals surface area contributed by atoms with Crippen LogP contribution in [0.4, 0.5) is 0 Å². The molecule has 0 aromatic rings. The molecule has 0 aromatic carbocycles. The van der Waals surface area contributed by atoms with Gasteiger partial charge in [0.25, 0.3) is 0 Å². The Balaban J connectivity index is 3.71. The summed E-state index contributed by atoms with van der Waals surface area (Å²) in [6, 6.07) is -1.02. The summed E-state index contributed by atoms with van der Waals surface area (Å²) in [7, 11) is 0. The summed E-state index contributed by atoms with van der Waals surface area (Å²) in [5.74, 6) is -0.602. The molecule has 0 saturated carbocycles. The van der Waals surface area contributed by atoms with Crippen molar-refractivity contribution in [2.75, 3.05) is 6.61 Å². The van der Waals surface area contributed by atoms with Crippen molar-refractivity contribution in [1.29, 1.82) is 0 Å². The number of carbonyl (C=O) groups excluding carboxylic acids is 1. The Labute approximate surface area is 410 Å². The van der Waals surface area contributed by atoms with Crippen molar-refractivity contribution in [1.82, 2.24) is 5.32 Å². The van der Waals surface area contributed by atoms with Crippen LogP contribution in [0.2, 0.25) is 0 Å². The van der Waals surface area contributed by atoms with Gasteiger partial charge in [0.2, 0.25) is 5.91 Å². The number of allylic oxidation sites excluding steroid dienone is 8. The van der Waals surface area contributed by atoms with Gasteiger partial charge in [-0.1, -0.05) is 255 Å². The van der Waals surface area contributed by atoms with Crippen LogP contribution in [-0.2, 0) is 4.79 Å². The highest BCUT2D eigenvalue weighted by atomic mass is 16.3. The number of aliphatic hydroxyl groups is 4. The molecule has 0 aromatic heterocycles. The third-order valence-corrected chi connectivity index (χ3v) is 13.5. The van der Waals surface area contributed by atoms with Crippen LogP contribution < -0.4 is 5.32 Å². The Hall–Kier alpha value is -1.73. The van der Waals surface area contributed by atoms with Gasteiger partial charge in [0, 0.05) is 0 Å². The molecule has 66 heavy (non-hydrogen) atoms. The zero-order valence-electron chi connectivity index (χ0n) is 43.9. The van der Waals surface area contributed by atoms with Crippen LogP contribution in [0.15, 0.2) is 48.6 Å². The third-order valence-electron chi connectivity index (χ3n) is 13.5. The van der Waals surface area contributed by atoms with E-state index in [2.05, 4.69) is 67.8 Å². The molecule has 0 heterocycles. The molecule has 0 rings (SSSR count). The maximum Gasteiger partial charge on any atom is 0.249 e. The second kappa shape index (κ2) is 54.2. The molecule has 6 nitrogen and oxygen atoms in total. The number of rotatable bonds is 53. The van der Waals surface area contributed by atoms with E-state index in [1.807, 2.05) is 0 Å². The maximum atomic E-state index is 12.6. The van der Waals surface area contributed by atoms with Gasteiger partial charge < -0.3 is 25.7 Å². The molecule has 0 fully saturated rings. The molecule has 0 radical (unpaired) electrons. The molecule has 6 heteroatoms. The molecule has 4 atom stereocenters. The number of carbonyl (C=O) groups is 1. The molecular formula is C60H113NO5. The van der Waals surface area contributed by atoms with Crippen LogP contribution in [0.1, 0.15) is 296 Å². The van der Waals surface area contributed by atoms with Crippen LogP contribution in [-0.4, -0.2) is 57.3 Å². The van der Waals surface area contributed by atoms with E-state index in [0.29, 0.717) is 19.3 Å². The van der Waals surface area contributed by atoms with Crippen molar-refractivity contribution in [2.45, 2.75) is 321 Å². The number of aliphatic hydroxyl groups excluding tert-OH is 4. The first-order chi connectivity index (χ1) is 32.5. The van der Waals surface area contributed by atoms with Crippen molar-refractivity contribution >= 4 is 5.91 Å². The normalized spacial score (nSPS) is 14.1. The maximum absolute atomic E-state index is 12.6. The predicted octanol–water partition coefficient (Wildman–Crippen LogP) is 17.0. The smallest absolute Gasteiger partial charge is 0.249 e. The molecule has 0 aliphatic rings. The van der Waals surface area contributed by atoms with E-state index in [1.165, 1.54) is 199 Å². The minimum atomic E-state index is -1.30. The van der Waals surface area contributed by atoms with E-state index in [1.54, 1.807) is 0 Å². The number of nitrogens with one attached hydrogen (secondary N) is 1. The highest BCUT2D eigenvalue weighted by Gasteiger charge is 2.28. The van der Waals surface area contributed by atoms with Gasteiger partial charge in [-0.3, -0.25) is 4.79 Å². The largest absolute Gasteiger partial charge is 0.394 e. The third kappa shape index (κ3) is 47.3. The zero-order valence-corrected chi connectivity index (χ0v) is 43.9. The monoisotopic (exact) mass is 928 g/mol. The van der Waals surface area contributed by atoms with E-state index in [-0.39, 0.29) is 0 Å². The first kappa shape index (κ1) is 64.3. The van der Waals surface area contributed by atoms with Crippen LogP contribution in [0, 0.1) is 0 Å². The fourth-order valence-electron chi connectivity index (χ4n) is 8.90. The quantitative estimate of drug-likeness (QED) is 0.0308. The molecule has 5 N–H and O–H groups in total. The molecule has 0 aliphatic carbocycles. The van der Waals surface area contributed by atoms with Crippen LogP contribution in [0.3, 0.4) is 0 Å². The van der Waals surface area contributed by atoms with E-state index >= 15 is 0 Å². The lowest BCUT2D eigenvalue weighted by molar-refractivity contribution is -0.132. The van der Waals surface area contributed by atoms with Gasteiger partial charge in [0.05, 0.1) is 18.8 Å². The minimum absolute atomic E-state index is 0.351. The Morgan fingerprint density at radius 1 is 0.364 bits per heavy atom. The topological polar surface area (TPSA) is 110 Å². The molecule has 388 valence electrons. The Morgan fingerprint density at radius 3 is 0.955 bits per heavy atom. The summed E-state index contributed by atoms with van der Waals surface area (Å²) in [4.78, 5) is 12.6. The minimum Gasteiger partial charge on any atom is -0.394 e. The van der Waals surface area contributed by atoms with Crippen molar-refractivity contribution in [3.05, 3.63) is 48.6 Å². The zero-order chi connectivity index (χ0) is 48.1. The van der Waals surface area contributed by atoms with E-state index < -0.39 is 36.9 Å². The molecule has 4 unspecified atom stereocenters. The Bertz CT molecular complexity index is 1090. The second-order valence-electron chi connectivity index (χ2n) is 20.0. The van der Waals surface area contributed by atoms with Gasteiger partial charge in [0.15, 0.2) is 0 Å². The van der Waals surface area contributed by atoms with Gasteiger partial charge in [0.1, 0.15) is 12.2 Å². The summed E-state index contributed by atoms with van der Waals surface area (Å²) in [6.45, 7) is 4.06. The summed E-state index contributed by atoms with van der Waals surface area (Å²) in [5, 5.41) is 44.0. The number of hydrogen-bond acceptors (Lipinski definition) is 5. The van der Waals surface area contributed by atoms with E-state index in [4.69, 9.17) is 0 Å². The molecule has 0 bridgehead atoms. The Morgan fingerprint density at radius 2 is 0.636 bits per heavy atom. The predicted molar refractivity (Wildman–Crippen MR) is 288 cm³/mol. The molecule has 0 saturated heterocycles. The van der Waals surface area contributed by atoms with Crippen molar-refractivity contribution < 1.29 is 25.2 Å². The van der Waals surface area contributed by atoms with Crippen molar-refractivity contribution in [2.24, 2.45) is 0 Å². The van der Waals surface area contributed by atoms with Gasteiger partial charge >= 0.3 is 0 Å². The van der Waals surface area contributed by atoms with Crippen LogP contribution in [0.25, 0.3) is 0 Å². The number of unbranched alkanes of at least 4 members (excludes halogenated alkanes) is 36. The lowest BCUT2D eigenvalue weighted by Crippen LogP contribution is -2.53. The van der Waals surface area contributed by atoms with Gasteiger partial charge in [-0.25, -0.2) is 0 Å². The summed E-state index contributed by atoms with van der Waals surface area (Å²) in [5.41, 5.74) is 0. The molecular weight excluding hydrogens is 815 g/mol. The lowest BCUT2D eigenvalue weighted by Gasteiger charge is -2.27. The van der Waals surface area contributed by atoms with E-state index in [0.717, 1.165) is 64.2 Å². The van der Waals surface area contributed by atoms with Gasteiger partial charge in [-0.15, -0.1) is 0 Å². The summed E-state index contributed by atoms with van der Waals surface area (Å²) >= 11 is 0. The standard InChI is InChI=1S/C60H113NO5/c1-3-5-7-9-11-13-15-17-19-21-23-25-26-27-28-29-30-31-32-34-35-37-39-41-43-45-47-49-51-53-57(63)59(65)56(55-62)61-60(66)58(64)54-52-50-48-46-44-42-40-38-36-33-24-22-20-18-16-14-12-10-8-6-4-2/h31-32,36-39,45,47,56-59,62-65H,3-30,33-35,40-44,46,48-55H2,1-2H3,(H,61,66)/b32-31+,38-36-,39-37+,47-45+. The van der Waals surface area contributed by atoms with Gasteiger partial charge in [-0.05, 0) is 89.9 Å². The number of amides is 1. The fraction of sp³-hybridized carbons (Fsp3) is 0.850. The summed E-state index contributed by atoms with van der Waals surface area (Å²) in [6.07, 6.45) is 69.0. The highest BCUT2D eigenvalue weighted by molar-refractivity contribution is 5.80. The highest BCUT2D eigenvalue weighted by Crippen LogP contribution is 2.17. The molecule has 0 aliphatic heterocycles. The van der Waals surface area contributed by atoms with E-state index in [9.17, 15) is 25.2 Å². The van der Waals surface area contributed by atoms with Crippen molar-refractivity contribution in [3.63, 3.8) is 0 Å².